The van der Waals surface area contributed by atoms with E-state index in [1.165, 1.54) is 18.2 Å². The van der Waals surface area contributed by atoms with Gasteiger partial charge < -0.3 is 10.6 Å². The van der Waals surface area contributed by atoms with Gasteiger partial charge in [0.15, 0.2) is 0 Å². The number of hydrogen-bond acceptors (Lipinski definition) is 2. The summed E-state index contributed by atoms with van der Waals surface area (Å²) in [7, 11) is 0. The van der Waals surface area contributed by atoms with E-state index in [-0.39, 0.29) is 11.7 Å². The minimum atomic E-state index is -0.836. The fourth-order valence-corrected chi connectivity index (χ4v) is 1.22. The average molecular weight is 222 g/mol. The van der Waals surface area contributed by atoms with Gasteiger partial charge in [-0.1, -0.05) is 12.1 Å². The van der Waals surface area contributed by atoms with Crippen LogP contribution in [0, 0.1) is 5.82 Å². The van der Waals surface area contributed by atoms with Crippen LogP contribution < -0.4 is 10.6 Å². The van der Waals surface area contributed by atoms with Crippen molar-refractivity contribution in [2.75, 3.05) is 5.32 Å². The minimum absolute atomic E-state index is 0.0125. The molecule has 0 aromatic heterocycles. The lowest BCUT2D eigenvalue weighted by Gasteiger charge is -2.05. The van der Waals surface area contributed by atoms with Crippen LogP contribution in [0.25, 0.3) is 0 Å². The highest BCUT2D eigenvalue weighted by molar-refractivity contribution is 6.39. The van der Waals surface area contributed by atoms with E-state index in [0.29, 0.717) is 0 Å². The standard InChI is InChI=1S/C11H11FN2O2/c12-8-3-1-2-4-9(8)14-11(16)10(15)13-7-5-6-7/h1-4,7H,5-6H2,(H,13,15)(H,14,16). The third-order valence-electron chi connectivity index (χ3n) is 2.24. The lowest BCUT2D eigenvalue weighted by Crippen LogP contribution is -2.36. The van der Waals surface area contributed by atoms with Crippen LogP contribution in [-0.4, -0.2) is 17.9 Å². The van der Waals surface area contributed by atoms with Gasteiger partial charge in [-0.05, 0) is 25.0 Å². The van der Waals surface area contributed by atoms with Gasteiger partial charge in [0.05, 0.1) is 5.69 Å². The molecule has 0 heterocycles. The monoisotopic (exact) mass is 222 g/mol. The van der Waals surface area contributed by atoms with Gasteiger partial charge in [-0.3, -0.25) is 9.59 Å². The maximum absolute atomic E-state index is 13.1. The maximum atomic E-state index is 13.1. The zero-order valence-electron chi connectivity index (χ0n) is 8.50. The van der Waals surface area contributed by atoms with Crippen molar-refractivity contribution in [1.82, 2.24) is 5.32 Å². The van der Waals surface area contributed by atoms with Crippen molar-refractivity contribution in [1.29, 1.82) is 0 Å². The van der Waals surface area contributed by atoms with Crippen molar-refractivity contribution in [2.45, 2.75) is 18.9 Å². The van der Waals surface area contributed by atoms with E-state index in [0.717, 1.165) is 12.8 Å². The molecular weight excluding hydrogens is 211 g/mol. The molecule has 2 N–H and O–H groups in total. The largest absolute Gasteiger partial charge is 0.345 e. The molecule has 1 saturated carbocycles. The SMILES string of the molecule is O=C(Nc1ccccc1F)C(=O)NC1CC1. The zero-order valence-corrected chi connectivity index (χ0v) is 8.50. The number of hydrogen-bond donors (Lipinski definition) is 2. The topological polar surface area (TPSA) is 58.2 Å². The van der Waals surface area contributed by atoms with Crippen LogP contribution in [0.5, 0.6) is 0 Å². The number of benzene rings is 1. The minimum Gasteiger partial charge on any atom is -0.345 e. The Bertz CT molecular complexity index is 430. The predicted molar refractivity (Wildman–Crippen MR) is 56.2 cm³/mol. The molecule has 2 amide bonds. The number of carbonyl (C=O) groups excluding carboxylic acids is 2. The lowest BCUT2D eigenvalue weighted by molar-refractivity contribution is -0.136. The highest BCUT2D eigenvalue weighted by Crippen LogP contribution is 2.18. The molecular formula is C11H11FN2O2. The average Bonchev–Trinajstić information content (AvgIpc) is 3.05. The molecule has 84 valence electrons. The summed E-state index contributed by atoms with van der Waals surface area (Å²) in [5.74, 6) is -2.11. The first-order valence-corrected chi connectivity index (χ1v) is 5.03. The second-order valence-electron chi connectivity index (χ2n) is 3.68. The molecule has 2 rings (SSSR count). The summed E-state index contributed by atoms with van der Waals surface area (Å²) in [6.07, 6.45) is 1.80. The Labute approximate surface area is 91.8 Å². The first-order chi connectivity index (χ1) is 7.66. The van der Waals surface area contributed by atoms with E-state index >= 15 is 0 Å². The lowest BCUT2D eigenvalue weighted by atomic mass is 10.3. The summed E-state index contributed by atoms with van der Waals surface area (Å²) < 4.78 is 13.1. The Morgan fingerprint density at radius 1 is 1.19 bits per heavy atom. The molecule has 5 heteroatoms. The molecule has 0 spiro atoms. The van der Waals surface area contributed by atoms with Gasteiger partial charge in [-0.15, -0.1) is 0 Å². The Hall–Kier alpha value is -1.91. The number of anilines is 1. The van der Waals surface area contributed by atoms with Crippen LogP contribution in [-0.2, 0) is 9.59 Å². The molecule has 16 heavy (non-hydrogen) atoms. The van der Waals surface area contributed by atoms with Crippen molar-refractivity contribution in [2.24, 2.45) is 0 Å². The van der Waals surface area contributed by atoms with E-state index in [2.05, 4.69) is 10.6 Å². The van der Waals surface area contributed by atoms with E-state index in [9.17, 15) is 14.0 Å². The first-order valence-electron chi connectivity index (χ1n) is 5.03. The maximum Gasteiger partial charge on any atom is 0.313 e. The summed E-state index contributed by atoms with van der Waals surface area (Å²) in [6.45, 7) is 0. The fraction of sp³-hybridized carbons (Fsp3) is 0.273. The summed E-state index contributed by atoms with van der Waals surface area (Å²) in [4.78, 5) is 22.6. The predicted octanol–water partition coefficient (Wildman–Crippen LogP) is 1.04. The van der Waals surface area contributed by atoms with Crippen molar-refractivity contribution < 1.29 is 14.0 Å². The summed E-state index contributed by atoms with van der Waals surface area (Å²) >= 11 is 0. The van der Waals surface area contributed by atoms with Gasteiger partial charge in [0.1, 0.15) is 5.82 Å². The van der Waals surface area contributed by atoms with Gasteiger partial charge in [-0.2, -0.15) is 0 Å². The van der Waals surface area contributed by atoms with E-state index in [1.807, 2.05) is 0 Å². The molecule has 1 aromatic carbocycles. The Balaban J connectivity index is 1.95. The molecule has 0 radical (unpaired) electrons. The Kier molecular flexibility index (Phi) is 2.85. The highest BCUT2D eigenvalue weighted by Gasteiger charge is 2.26. The van der Waals surface area contributed by atoms with Crippen molar-refractivity contribution in [3.8, 4) is 0 Å². The fourth-order valence-electron chi connectivity index (χ4n) is 1.22. The van der Waals surface area contributed by atoms with Crippen LogP contribution in [0.2, 0.25) is 0 Å². The number of nitrogens with one attached hydrogen (secondary N) is 2. The molecule has 1 aliphatic rings. The van der Waals surface area contributed by atoms with Gasteiger partial charge in [0, 0.05) is 6.04 Å². The van der Waals surface area contributed by atoms with Crippen molar-refractivity contribution in [3.63, 3.8) is 0 Å². The van der Waals surface area contributed by atoms with Crippen LogP contribution in [0.4, 0.5) is 10.1 Å². The van der Waals surface area contributed by atoms with E-state index in [4.69, 9.17) is 0 Å². The number of amides is 2. The third kappa shape index (κ3) is 2.56. The molecule has 1 aromatic rings. The highest BCUT2D eigenvalue weighted by atomic mass is 19.1. The molecule has 0 aliphatic heterocycles. The smallest absolute Gasteiger partial charge is 0.313 e. The molecule has 0 saturated heterocycles. The van der Waals surface area contributed by atoms with E-state index in [1.54, 1.807) is 6.07 Å². The normalized spacial score (nSPS) is 14.3. The van der Waals surface area contributed by atoms with Gasteiger partial charge in [0.25, 0.3) is 0 Å². The van der Waals surface area contributed by atoms with Crippen LogP contribution in [0.1, 0.15) is 12.8 Å². The summed E-state index contributed by atoms with van der Waals surface area (Å²) in [5, 5.41) is 4.74. The Morgan fingerprint density at radius 2 is 1.88 bits per heavy atom. The first kappa shape index (κ1) is 10.6. The summed E-state index contributed by atoms with van der Waals surface area (Å²) in [6, 6.07) is 5.82. The van der Waals surface area contributed by atoms with E-state index < -0.39 is 17.6 Å². The van der Waals surface area contributed by atoms with Crippen LogP contribution in [0.15, 0.2) is 24.3 Å². The second-order valence-corrected chi connectivity index (χ2v) is 3.68. The van der Waals surface area contributed by atoms with Gasteiger partial charge in [-0.25, -0.2) is 4.39 Å². The third-order valence-corrected chi connectivity index (χ3v) is 2.24. The Morgan fingerprint density at radius 3 is 2.50 bits per heavy atom. The number of rotatable bonds is 2. The quantitative estimate of drug-likeness (QED) is 0.734. The molecule has 1 fully saturated rings. The van der Waals surface area contributed by atoms with Crippen molar-refractivity contribution in [3.05, 3.63) is 30.1 Å². The number of para-hydroxylation sites is 1. The number of halogens is 1. The second kappa shape index (κ2) is 4.30. The van der Waals surface area contributed by atoms with Crippen LogP contribution in [0.3, 0.4) is 0 Å². The van der Waals surface area contributed by atoms with Crippen molar-refractivity contribution >= 4 is 17.5 Å². The molecule has 1 aliphatic carbocycles. The molecule has 0 unspecified atom stereocenters. The summed E-state index contributed by atoms with van der Waals surface area (Å²) in [5.41, 5.74) is 0.0125. The molecule has 0 bridgehead atoms. The molecule has 4 nitrogen and oxygen atoms in total. The van der Waals surface area contributed by atoms with Crippen LogP contribution >= 0.6 is 0 Å². The van der Waals surface area contributed by atoms with Gasteiger partial charge in [0.2, 0.25) is 0 Å². The number of carbonyl (C=O) groups is 2. The molecule has 0 atom stereocenters. The van der Waals surface area contributed by atoms with Gasteiger partial charge >= 0.3 is 11.8 Å². The zero-order chi connectivity index (χ0) is 11.5.